The highest BCUT2D eigenvalue weighted by Gasteiger charge is 2.18. The summed E-state index contributed by atoms with van der Waals surface area (Å²) >= 11 is 0. The van der Waals surface area contributed by atoms with Crippen molar-refractivity contribution < 1.29 is 9.47 Å². The molecule has 1 aliphatic heterocycles. The Labute approximate surface area is 69.1 Å². The Balaban J connectivity index is 2.63. The first-order valence-electron chi connectivity index (χ1n) is 3.41. The van der Waals surface area contributed by atoms with Crippen molar-refractivity contribution in [1.29, 1.82) is 5.26 Å². The first-order chi connectivity index (χ1) is 5.83. The van der Waals surface area contributed by atoms with Crippen LogP contribution in [0.1, 0.15) is 5.56 Å². The molecule has 0 saturated carbocycles. The molecule has 1 aliphatic rings. The number of ether oxygens (including phenoxy) is 2. The van der Waals surface area contributed by atoms with E-state index in [2.05, 4.69) is 0 Å². The highest BCUT2D eigenvalue weighted by molar-refractivity contribution is 5.69. The number of anilines is 1. The first kappa shape index (κ1) is 6.80. The zero-order valence-corrected chi connectivity index (χ0v) is 6.20. The van der Waals surface area contributed by atoms with Crippen LogP contribution in [-0.4, -0.2) is 6.79 Å². The Morgan fingerprint density at radius 2 is 2.25 bits per heavy atom. The molecule has 2 rings (SSSR count). The lowest BCUT2D eigenvalue weighted by molar-refractivity contribution is 0.174. The Hall–Kier alpha value is -1.89. The molecular formula is C8H6N2O2. The fourth-order valence-electron chi connectivity index (χ4n) is 1.09. The summed E-state index contributed by atoms with van der Waals surface area (Å²) in [4.78, 5) is 0. The second kappa shape index (κ2) is 2.31. The van der Waals surface area contributed by atoms with Gasteiger partial charge in [0.2, 0.25) is 6.79 Å². The maximum Gasteiger partial charge on any atom is 0.231 e. The highest BCUT2D eigenvalue weighted by Crippen LogP contribution is 2.38. The summed E-state index contributed by atoms with van der Waals surface area (Å²) < 4.78 is 10.1. The van der Waals surface area contributed by atoms with Crippen molar-refractivity contribution in [3.05, 3.63) is 17.7 Å². The number of hydrogen-bond acceptors (Lipinski definition) is 4. The van der Waals surface area contributed by atoms with Gasteiger partial charge in [-0.1, -0.05) is 0 Å². The minimum absolute atomic E-state index is 0.175. The number of nitrogens with two attached hydrogens (primary N) is 1. The maximum absolute atomic E-state index is 8.62. The summed E-state index contributed by atoms with van der Waals surface area (Å²) in [5.74, 6) is 1.08. The summed E-state index contributed by atoms with van der Waals surface area (Å²) in [6.07, 6.45) is 0. The first-order valence-corrected chi connectivity index (χ1v) is 3.41. The Kier molecular flexibility index (Phi) is 1.31. The summed E-state index contributed by atoms with van der Waals surface area (Å²) in [7, 11) is 0. The van der Waals surface area contributed by atoms with Gasteiger partial charge in [0, 0.05) is 0 Å². The van der Waals surface area contributed by atoms with Crippen LogP contribution >= 0.6 is 0 Å². The van der Waals surface area contributed by atoms with Gasteiger partial charge < -0.3 is 15.2 Å². The predicted octanol–water partition coefficient (Wildman–Crippen LogP) is 0.869. The van der Waals surface area contributed by atoms with Gasteiger partial charge >= 0.3 is 0 Å². The van der Waals surface area contributed by atoms with Gasteiger partial charge in [-0.3, -0.25) is 0 Å². The van der Waals surface area contributed by atoms with Crippen LogP contribution in [0.15, 0.2) is 12.1 Å². The molecule has 1 aromatic carbocycles. The third-order valence-corrected chi connectivity index (χ3v) is 1.70. The van der Waals surface area contributed by atoms with Crippen molar-refractivity contribution >= 4 is 5.69 Å². The van der Waals surface area contributed by atoms with E-state index in [1.54, 1.807) is 12.1 Å². The van der Waals surface area contributed by atoms with Gasteiger partial charge in [0.15, 0.2) is 11.5 Å². The molecule has 12 heavy (non-hydrogen) atoms. The van der Waals surface area contributed by atoms with E-state index in [1.807, 2.05) is 6.07 Å². The van der Waals surface area contributed by atoms with E-state index in [-0.39, 0.29) is 6.79 Å². The molecular weight excluding hydrogens is 156 g/mol. The van der Waals surface area contributed by atoms with Crippen molar-refractivity contribution in [2.45, 2.75) is 0 Å². The number of benzene rings is 1. The minimum atomic E-state index is 0.175. The van der Waals surface area contributed by atoms with E-state index in [1.165, 1.54) is 0 Å². The normalized spacial score (nSPS) is 12.6. The SMILES string of the molecule is N#Cc1ccc2c(c1N)OCO2. The highest BCUT2D eigenvalue weighted by atomic mass is 16.7. The second-order valence-electron chi connectivity index (χ2n) is 2.37. The van der Waals surface area contributed by atoms with Crippen LogP contribution in [0.25, 0.3) is 0 Å². The van der Waals surface area contributed by atoms with Crippen LogP contribution in [0.2, 0.25) is 0 Å². The Morgan fingerprint density at radius 3 is 3.00 bits per heavy atom. The summed E-state index contributed by atoms with van der Waals surface area (Å²) in [5, 5.41) is 8.62. The van der Waals surface area contributed by atoms with E-state index in [0.717, 1.165) is 0 Å². The van der Waals surface area contributed by atoms with E-state index in [0.29, 0.717) is 22.7 Å². The number of nitrogen functional groups attached to an aromatic ring is 1. The van der Waals surface area contributed by atoms with Crippen molar-refractivity contribution in [1.82, 2.24) is 0 Å². The lowest BCUT2D eigenvalue weighted by atomic mass is 10.2. The molecule has 1 heterocycles. The van der Waals surface area contributed by atoms with Crippen LogP contribution < -0.4 is 15.2 Å². The maximum atomic E-state index is 8.62. The molecule has 1 aromatic rings. The predicted molar refractivity (Wildman–Crippen MR) is 41.7 cm³/mol. The monoisotopic (exact) mass is 162 g/mol. The molecule has 0 saturated heterocycles. The van der Waals surface area contributed by atoms with Crippen molar-refractivity contribution in [2.24, 2.45) is 0 Å². The molecule has 4 heteroatoms. The number of nitriles is 1. The number of rotatable bonds is 0. The van der Waals surface area contributed by atoms with Crippen molar-refractivity contribution in [3.8, 4) is 17.6 Å². The Bertz CT molecular complexity index is 368. The lowest BCUT2D eigenvalue weighted by Crippen LogP contribution is -1.95. The van der Waals surface area contributed by atoms with Crippen LogP contribution in [0.3, 0.4) is 0 Å². The van der Waals surface area contributed by atoms with Gasteiger partial charge in [-0.15, -0.1) is 0 Å². The summed E-state index contributed by atoms with van der Waals surface area (Å²) in [6, 6.07) is 5.26. The molecule has 0 aromatic heterocycles. The van der Waals surface area contributed by atoms with E-state index >= 15 is 0 Å². The molecule has 0 unspecified atom stereocenters. The van der Waals surface area contributed by atoms with Crippen molar-refractivity contribution in [3.63, 3.8) is 0 Å². The van der Waals surface area contributed by atoms with Gasteiger partial charge in [0.1, 0.15) is 6.07 Å². The second-order valence-corrected chi connectivity index (χ2v) is 2.37. The van der Waals surface area contributed by atoms with Crippen LogP contribution in [0.5, 0.6) is 11.5 Å². The van der Waals surface area contributed by atoms with E-state index in [9.17, 15) is 0 Å². The van der Waals surface area contributed by atoms with Gasteiger partial charge in [-0.2, -0.15) is 5.26 Å². The number of fused-ring (bicyclic) bond motifs is 1. The lowest BCUT2D eigenvalue weighted by Gasteiger charge is -2.00. The third kappa shape index (κ3) is 0.768. The van der Waals surface area contributed by atoms with E-state index < -0.39 is 0 Å². The molecule has 4 nitrogen and oxygen atoms in total. The van der Waals surface area contributed by atoms with Gasteiger partial charge in [0.05, 0.1) is 11.3 Å². The van der Waals surface area contributed by atoms with Gasteiger partial charge in [0.25, 0.3) is 0 Å². The Morgan fingerprint density at radius 1 is 1.42 bits per heavy atom. The molecule has 2 N–H and O–H groups in total. The summed E-state index contributed by atoms with van der Waals surface area (Å²) in [5.41, 5.74) is 6.39. The molecule has 0 atom stereocenters. The number of nitrogens with zero attached hydrogens (tertiary/aromatic N) is 1. The molecule has 0 aliphatic carbocycles. The van der Waals surface area contributed by atoms with Crippen LogP contribution in [-0.2, 0) is 0 Å². The summed E-state index contributed by atoms with van der Waals surface area (Å²) in [6.45, 7) is 0.175. The molecule has 0 amide bonds. The third-order valence-electron chi connectivity index (χ3n) is 1.70. The quantitative estimate of drug-likeness (QED) is 0.574. The molecule has 0 radical (unpaired) electrons. The molecule has 0 fully saturated rings. The van der Waals surface area contributed by atoms with Gasteiger partial charge in [-0.05, 0) is 12.1 Å². The zero-order chi connectivity index (χ0) is 8.55. The standard InChI is InChI=1S/C8H6N2O2/c9-3-5-1-2-6-8(7(5)10)12-4-11-6/h1-2H,4,10H2. The number of hydrogen-bond donors (Lipinski definition) is 1. The average Bonchev–Trinajstić information content (AvgIpc) is 2.53. The zero-order valence-electron chi connectivity index (χ0n) is 6.20. The molecule has 0 bridgehead atoms. The van der Waals surface area contributed by atoms with Gasteiger partial charge in [-0.25, -0.2) is 0 Å². The average molecular weight is 162 g/mol. The van der Waals surface area contributed by atoms with Crippen molar-refractivity contribution in [2.75, 3.05) is 12.5 Å². The smallest absolute Gasteiger partial charge is 0.231 e. The molecule has 60 valence electrons. The minimum Gasteiger partial charge on any atom is -0.454 e. The largest absolute Gasteiger partial charge is 0.454 e. The molecule has 0 spiro atoms. The van der Waals surface area contributed by atoms with E-state index in [4.69, 9.17) is 20.5 Å². The fraction of sp³-hybridized carbons (Fsp3) is 0.125. The topological polar surface area (TPSA) is 68.3 Å². The van der Waals surface area contributed by atoms with Crippen LogP contribution in [0, 0.1) is 11.3 Å². The fourth-order valence-corrected chi connectivity index (χ4v) is 1.09. The van der Waals surface area contributed by atoms with Crippen LogP contribution in [0.4, 0.5) is 5.69 Å².